The van der Waals surface area contributed by atoms with Crippen LogP contribution in [0, 0.1) is 6.92 Å². The predicted molar refractivity (Wildman–Crippen MR) is 75.3 cm³/mol. The quantitative estimate of drug-likeness (QED) is 0.841. The van der Waals surface area contributed by atoms with Gasteiger partial charge in [0.1, 0.15) is 0 Å². The van der Waals surface area contributed by atoms with Gasteiger partial charge in [0, 0.05) is 44.7 Å². The summed E-state index contributed by atoms with van der Waals surface area (Å²) in [5.41, 5.74) is 8.59. The molecule has 0 saturated heterocycles. The molecule has 0 spiro atoms. The average molecular weight is 305 g/mol. The van der Waals surface area contributed by atoms with Crippen LogP contribution in [-0.2, 0) is 10.8 Å². The van der Waals surface area contributed by atoms with Gasteiger partial charge in [-0.1, -0.05) is 0 Å². The van der Waals surface area contributed by atoms with Gasteiger partial charge in [-0.15, -0.1) is 0 Å². The minimum atomic E-state index is -0.788. The highest BCUT2D eigenvalue weighted by Gasteiger charge is 2.08. The molecule has 1 rings (SSSR count). The van der Waals surface area contributed by atoms with Crippen molar-refractivity contribution in [1.29, 1.82) is 0 Å². The number of benzene rings is 1. The zero-order valence-electron chi connectivity index (χ0n) is 9.71. The lowest BCUT2D eigenvalue weighted by molar-refractivity contribution is 0.683. The van der Waals surface area contributed by atoms with Crippen LogP contribution >= 0.6 is 15.9 Å². The van der Waals surface area contributed by atoms with Gasteiger partial charge in [-0.2, -0.15) is 0 Å². The summed E-state index contributed by atoms with van der Waals surface area (Å²) >= 11 is 3.46. The van der Waals surface area contributed by atoms with Gasteiger partial charge in [0.2, 0.25) is 0 Å². The molecule has 1 aromatic rings. The van der Waals surface area contributed by atoms with Crippen molar-refractivity contribution < 1.29 is 4.21 Å². The minimum absolute atomic E-state index is 0.171. The number of hydrogen-bond acceptors (Lipinski definition) is 3. The normalized spacial score (nSPS) is 14.5. The van der Waals surface area contributed by atoms with E-state index in [9.17, 15) is 4.21 Å². The van der Waals surface area contributed by atoms with Crippen LogP contribution in [0.4, 0.5) is 11.4 Å². The molecule has 1 aromatic carbocycles. The molecule has 2 atom stereocenters. The molecule has 0 aliphatic rings. The Bertz CT molecular complexity index is 409. The third kappa shape index (κ3) is 3.79. The molecule has 0 fully saturated rings. The second-order valence-corrected chi connectivity index (χ2v) is 6.31. The fourth-order valence-corrected chi connectivity index (χ4v) is 2.73. The van der Waals surface area contributed by atoms with Gasteiger partial charge in [-0.25, -0.2) is 0 Å². The minimum Gasteiger partial charge on any atom is -0.398 e. The van der Waals surface area contributed by atoms with Crippen LogP contribution in [0.1, 0.15) is 12.5 Å². The van der Waals surface area contributed by atoms with Crippen molar-refractivity contribution in [3.05, 3.63) is 22.2 Å². The Kier molecular flexibility index (Phi) is 4.80. The Morgan fingerprint density at radius 2 is 2.19 bits per heavy atom. The summed E-state index contributed by atoms with van der Waals surface area (Å²) in [5.74, 6) is 0.635. The molecule has 3 N–H and O–H groups in total. The molecule has 0 amide bonds. The third-order valence-electron chi connectivity index (χ3n) is 2.24. The second kappa shape index (κ2) is 5.68. The Morgan fingerprint density at radius 3 is 2.75 bits per heavy atom. The summed E-state index contributed by atoms with van der Waals surface area (Å²) < 4.78 is 12.0. The highest BCUT2D eigenvalue weighted by Crippen LogP contribution is 2.28. The van der Waals surface area contributed by atoms with Crippen LogP contribution in [0.25, 0.3) is 0 Å². The number of nitrogens with two attached hydrogens (primary N) is 1. The van der Waals surface area contributed by atoms with Gasteiger partial charge in [0.15, 0.2) is 0 Å². The van der Waals surface area contributed by atoms with Crippen LogP contribution in [0.2, 0.25) is 0 Å². The van der Waals surface area contributed by atoms with E-state index in [1.165, 1.54) is 0 Å². The summed E-state index contributed by atoms with van der Waals surface area (Å²) in [6.07, 6.45) is 1.71. The molecule has 0 heterocycles. The second-order valence-electron chi connectivity index (χ2n) is 3.97. The standard InChI is InChI=1S/C11H17BrN2OS/c1-7-4-11(9(12)5-10(7)13)14-8(2)6-16(3)15/h4-5,8,14H,6,13H2,1-3H3. The lowest BCUT2D eigenvalue weighted by Crippen LogP contribution is -2.22. The van der Waals surface area contributed by atoms with E-state index in [4.69, 9.17) is 5.73 Å². The maximum Gasteiger partial charge on any atom is 0.0491 e. The molecule has 3 nitrogen and oxygen atoms in total. The van der Waals surface area contributed by atoms with E-state index in [1.807, 2.05) is 26.0 Å². The molecule has 16 heavy (non-hydrogen) atoms. The lowest BCUT2D eigenvalue weighted by Gasteiger charge is -2.16. The SMILES string of the molecule is Cc1cc(NC(C)CS(C)=O)c(Br)cc1N. The molecule has 0 radical (unpaired) electrons. The molecule has 0 saturated carbocycles. The van der Waals surface area contributed by atoms with Gasteiger partial charge in [0.05, 0.1) is 0 Å². The molecule has 0 bridgehead atoms. The van der Waals surface area contributed by atoms with Crippen molar-refractivity contribution in [3.63, 3.8) is 0 Å². The first-order chi connectivity index (χ1) is 7.40. The van der Waals surface area contributed by atoms with Crippen LogP contribution in [0.5, 0.6) is 0 Å². The summed E-state index contributed by atoms with van der Waals surface area (Å²) in [5, 5.41) is 3.31. The van der Waals surface area contributed by atoms with E-state index in [0.717, 1.165) is 21.4 Å². The molecule has 5 heteroatoms. The van der Waals surface area contributed by atoms with E-state index in [1.54, 1.807) is 6.26 Å². The molecule has 2 unspecified atom stereocenters. The zero-order chi connectivity index (χ0) is 12.3. The fraction of sp³-hybridized carbons (Fsp3) is 0.455. The molecule has 0 aliphatic heterocycles. The zero-order valence-corrected chi connectivity index (χ0v) is 12.1. The predicted octanol–water partition coefficient (Wildman–Crippen LogP) is 2.52. The third-order valence-corrected chi connectivity index (χ3v) is 3.87. The van der Waals surface area contributed by atoms with Crippen molar-refractivity contribution >= 4 is 38.1 Å². The molecule has 90 valence electrons. The number of nitrogens with one attached hydrogen (secondary N) is 1. The van der Waals surface area contributed by atoms with Crippen LogP contribution in [-0.4, -0.2) is 22.3 Å². The van der Waals surface area contributed by atoms with Crippen LogP contribution in [0.15, 0.2) is 16.6 Å². The van der Waals surface area contributed by atoms with E-state index >= 15 is 0 Å². The number of nitrogen functional groups attached to an aromatic ring is 1. The molecular formula is C11H17BrN2OS. The maximum atomic E-state index is 11.1. The highest BCUT2D eigenvalue weighted by atomic mass is 79.9. The van der Waals surface area contributed by atoms with Crippen molar-refractivity contribution in [2.45, 2.75) is 19.9 Å². The average Bonchev–Trinajstić information content (AvgIpc) is 2.12. The Balaban J connectivity index is 2.81. The molecule has 0 aliphatic carbocycles. The van der Waals surface area contributed by atoms with Crippen molar-refractivity contribution in [2.24, 2.45) is 0 Å². The van der Waals surface area contributed by atoms with Gasteiger partial charge in [-0.05, 0) is 47.5 Å². The first-order valence-electron chi connectivity index (χ1n) is 5.02. The number of hydrogen-bond donors (Lipinski definition) is 2. The Labute approximate surface area is 107 Å². The smallest absolute Gasteiger partial charge is 0.0491 e. The first kappa shape index (κ1) is 13.5. The van der Waals surface area contributed by atoms with Crippen molar-refractivity contribution in [1.82, 2.24) is 0 Å². The summed E-state index contributed by atoms with van der Waals surface area (Å²) in [6.45, 7) is 3.98. The van der Waals surface area contributed by atoms with Crippen molar-refractivity contribution in [2.75, 3.05) is 23.1 Å². The van der Waals surface area contributed by atoms with Crippen LogP contribution < -0.4 is 11.1 Å². The van der Waals surface area contributed by atoms with Gasteiger partial charge in [-0.3, -0.25) is 4.21 Å². The summed E-state index contributed by atoms with van der Waals surface area (Å²) in [7, 11) is -0.788. The number of aryl methyl sites for hydroxylation is 1. The van der Waals surface area contributed by atoms with E-state index in [0.29, 0.717) is 5.75 Å². The number of halogens is 1. The number of anilines is 2. The maximum absolute atomic E-state index is 11.1. The van der Waals surface area contributed by atoms with Gasteiger partial charge < -0.3 is 11.1 Å². The summed E-state index contributed by atoms with van der Waals surface area (Å²) in [4.78, 5) is 0. The van der Waals surface area contributed by atoms with E-state index in [-0.39, 0.29) is 6.04 Å². The van der Waals surface area contributed by atoms with E-state index in [2.05, 4.69) is 21.2 Å². The monoisotopic (exact) mass is 304 g/mol. The fourth-order valence-electron chi connectivity index (χ4n) is 1.47. The first-order valence-corrected chi connectivity index (χ1v) is 7.54. The summed E-state index contributed by atoms with van der Waals surface area (Å²) in [6, 6.07) is 4.05. The largest absolute Gasteiger partial charge is 0.398 e. The van der Waals surface area contributed by atoms with Crippen LogP contribution in [0.3, 0.4) is 0 Å². The van der Waals surface area contributed by atoms with Crippen molar-refractivity contribution in [3.8, 4) is 0 Å². The number of rotatable bonds is 4. The molecule has 0 aromatic heterocycles. The van der Waals surface area contributed by atoms with Gasteiger partial charge in [0.25, 0.3) is 0 Å². The Morgan fingerprint density at radius 1 is 1.56 bits per heavy atom. The van der Waals surface area contributed by atoms with Gasteiger partial charge >= 0.3 is 0 Å². The molecular weight excluding hydrogens is 288 g/mol. The van der Waals surface area contributed by atoms with E-state index < -0.39 is 10.8 Å². The highest BCUT2D eigenvalue weighted by molar-refractivity contribution is 9.10. The Hall–Kier alpha value is -0.550. The topological polar surface area (TPSA) is 55.1 Å². The lowest BCUT2D eigenvalue weighted by atomic mass is 10.2.